The van der Waals surface area contributed by atoms with E-state index in [1.165, 1.54) is 11.3 Å². The predicted molar refractivity (Wildman–Crippen MR) is 137 cm³/mol. The van der Waals surface area contributed by atoms with Crippen LogP contribution in [-0.4, -0.2) is 23.8 Å². The van der Waals surface area contributed by atoms with Crippen LogP contribution in [0.2, 0.25) is 0 Å². The molecule has 0 spiro atoms. The van der Waals surface area contributed by atoms with Gasteiger partial charge in [0.15, 0.2) is 4.80 Å². The number of rotatable bonds is 6. The molecule has 2 aromatic carbocycles. The molecular weight excluding hydrogens is 516 g/mol. The van der Waals surface area contributed by atoms with E-state index in [4.69, 9.17) is 9.47 Å². The summed E-state index contributed by atoms with van der Waals surface area (Å²) in [5.41, 5.74) is 3.41. The maximum atomic E-state index is 13.7. The molecule has 4 rings (SSSR count). The van der Waals surface area contributed by atoms with Gasteiger partial charge in [-0.15, -0.1) is 0 Å². The Balaban J connectivity index is 1.96. The minimum Gasteiger partial charge on any atom is -0.493 e. The van der Waals surface area contributed by atoms with Crippen molar-refractivity contribution in [1.82, 2.24) is 4.57 Å². The van der Waals surface area contributed by atoms with Crippen molar-refractivity contribution in [2.45, 2.75) is 33.7 Å². The molecule has 3 aromatic rings. The molecule has 0 unspecified atom stereocenters. The van der Waals surface area contributed by atoms with Gasteiger partial charge >= 0.3 is 5.97 Å². The molecule has 0 fully saturated rings. The highest BCUT2D eigenvalue weighted by Gasteiger charge is 2.33. The maximum Gasteiger partial charge on any atom is 0.338 e. The molecular formula is C26H25BrN2O4S. The number of carbonyl (C=O) groups excluding carboxylic acids is 1. The average molecular weight is 541 g/mol. The summed E-state index contributed by atoms with van der Waals surface area (Å²) in [6.07, 6.45) is 1.81. The summed E-state index contributed by atoms with van der Waals surface area (Å²) < 4.78 is 14.1. The first-order valence-corrected chi connectivity index (χ1v) is 12.6. The number of ether oxygens (including phenoxy) is 2. The highest BCUT2D eigenvalue weighted by molar-refractivity contribution is 9.10. The quantitative estimate of drug-likeness (QED) is 0.438. The lowest BCUT2D eigenvalue weighted by molar-refractivity contribution is -0.139. The van der Waals surface area contributed by atoms with E-state index in [9.17, 15) is 9.59 Å². The second-order valence-corrected chi connectivity index (χ2v) is 9.75. The van der Waals surface area contributed by atoms with Gasteiger partial charge in [0, 0.05) is 10.0 Å². The van der Waals surface area contributed by atoms with E-state index in [1.54, 1.807) is 18.4 Å². The molecule has 0 aliphatic carbocycles. The number of halogens is 1. The molecule has 0 N–H and O–H groups in total. The fourth-order valence-corrected chi connectivity index (χ4v) is 5.33. The summed E-state index contributed by atoms with van der Waals surface area (Å²) in [6.45, 7) is 8.21. The highest BCUT2D eigenvalue weighted by atomic mass is 79.9. The standard InChI is InChI=1S/C26H25BrN2O4S/c1-5-32-20-12-11-19(27)13-18(20)14-21-24(30)29-23(17-9-7-15(3)8-10-17)22(25(31)33-6-2)16(4)28-26(29)34-21/h7-14,23H,5-6H2,1-4H3/b21-14+/t23-/m1/s1. The fraction of sp³-hybridized carbons (Fsp3) is 0.269. The van der Waals surface area contributed by atoms with Crippen molar-refractivity contribution in [2.24, 2.45) is 4.99 Å². The van der Waals surface area contributed by atoms with Crippen LogP contribution in [0.4, 0.5) is 0 Å². The van der Waals surface area contributed by atoms with Crippen molar-refractivity contribution < 1.29 is 14.3 Å². The number of hydrogen-bond acceptors (Lipinski definition) is 6. The molecule has 0 saturated heterocycles. The van der Waals surface area contributed by atoms with Crippen LogP contribution in [0.15, 0.2) is 68.0 Å². The Bertz CT molecular complexity index is 1450. The average Bonchev–Trinajstić information content (AvgIpc) is 3.10. The summed E-state index contributed by atoms with van der Waals surface area (Å²) in [5.74, 6) is 0.226. The van der Waals surface area contributed by atoms with Gasteiger partial charge in [-0.25, -0.2) is 9.79 Å². The number of benzene rings is 2. The molecule has 1 atom stereocenters. The van der Waals surface area contributed by atoms with Crippen molar-refractivity contribution in [3.05, 3.63) is 94.6 Å². The number of nitrogens with zero attached hydrogens (tertiary/aromatic N) is 2. The van der Waals surface area contributed by atoms with Gasteiger partial charge in [0.25, 0.3) is 5.56 Å². The number of carbonyl (C=O) groups is 1. The van der Waals surface area contributed by atoms with Gasteiger partial charge in [-0.1, -0.05) is 57.1 Å². The SMILES string of the molecule is CCOC(=O)C1=C(C)N=c2s/c(=C/c3cc(Br)ccc3OCC)c(=O)n2[C@@H]1c1ccc(C)cc1. The Morgan fingerprint density at radius 2 is 1.88 bits per heavy atom. The molecule has 6 nitrogen and oxygen atoms in total. The molecule has 0 radical (unpaired) electrons. The Kier molecular flexibility index (Phi) is 7.19. The Hall–Kier alpha value is -2.97. The third-order valence-corrected chi connectivity index (χ3v) is 6.94. The smallest absolute Gasteiger partial charge is 0.338 e. The van der Waals surface area contributed by atoms with Gasteiger partial charge in [-0.3, -0.25) is 9.36 Å². The van der Waals surface area contributed by atoms with E-state index in [-0.39, 0.29) is 12.2 Å². The van der Waals surface area contributed by atoms with Gasteiger partial charge in [0.1, 0.15) is 5.75 Å². The maximum absolute atomic E-state index is 13.7. The number of hydrogen-bond donors (Lipinski definition) is 0. The molecule has 2 heterocycles. The molecule has 1 aliphatic rings. The molecule has 8 heteroatoms. The summed E-state index contributed by atoms with van der Waals surface area (Å²) in [4.78, 5) is 31.8. The zero-order valence-electron chi connectivity index (χ0n) is 19.4. The number of fused-ring (bicyclic) bond motifs is 1. The van der Waals surface area contributed by atoms with Crippen molar-refractivity contribution >= 4 is 39.3 Å². The van der Waals surface area contributed by atoms with Crippen LogP contribution in [0.5, 0.6) is 5.75 Å². The van der Waals surface area contributed by atoms with Gasteiger partial charge in [-0.2, -0.15) is 0 Å². The molecule has 0 saturated carbocycles. The van der Waals surface area contributed by atoms with E-state index in [0.717, 1.165) is 21.2 Å². The minimum absolute atomic E-state index is 0.217. The number of aromatic nitrogens is 1. The van der Waals surface area contributed by atoms with Gasteiger partial charge < -0.3 is 9.47 Å². The van der Waals surface area contributed by atoms with Crippen LogP contribution in [0.25, 0.3) is 6.08 Å². The van der Waals surface area contributed by atoms with E-state index in [2.05, 4.69) is 20.9 Å². The number of esters is 1. The van der Waals surface area contributed by atoms with E-state index in [0.29, 0.717) is 33.0 Å². The van der Waals surface area contributed by atoms with Crippen LogP contribution in [0.3, 0.4) is 0 Å². The molecule has 0 bridgehead atoms. The predicted octanol–water partition coefficient (Wildman–Crippen LogP) is 4.27. The van der Waals surface area contributed by atoms with E-state index >= 15 is 0 Å². The lowest BCUT2D eigenvalue weighted by atomic mass is 9.95. The number of thiazole rings is 1. The molecule has 1 aliphatic heterocycles. The van der Waals surface area contributed by atoms with Crippen molar-refractivity contribution in [3.63, 3.8) is 0 Å². The largest absolute Gasteiger partial charge is 0.493 e. The molecule has 0 amide bonds. The Morgan fingerprint density at radius 1 is 1.15 bits per heavy atom. The first-order valence-electron chi connectivity index (χ1n) is 11.0. The summed E-state index contributed by atoms with van der Waals surface area (Å²) in [6, 6.07) is 12.9. The van der Waals surface area contributed by atoms with Crippen LogP contribution in [0.1, 0.15) is 43.5 Å². The lowest BCUT2D eigenvalue weighted by Gasteiger charge is -2.24. The van der Waals surface area contributed by atoms with Crippen LogP contribution < -0.4 is 19.6 Å². The van der Waals surface area contributed by atoms with Gasteiger partial charge in [-0.05, 0) is 57.5 Å². The normalized spacial score (nSPS) is 15.7. The van der Waals surface area contributed by atoms with Crippen molar-refractivity contribution in [1.29, 1.82) is 0 Å². The third kappa shape index (κ3) is 4.65. The summed E-state index contributed by atoms with van der Waals surface area (Å²) in [7, 11) is 0. The first-order chi connectivity index (χ1) is 16.3. The second kappa shape index (κ2) is 10.1. The zero-order valence-corrected chi connectivity index (χ0v) is 21.8. The lowest BCUT2D eigenvalue weighted by Crippen LogP contribution is -2.39. The van der Waals surface area contributed by atoms with Crippen LogP contribution in [0, 0.1) is 6.92 Å². The fourth-order valence-electron chi connectivity index (χ4n) is 3.92. The number of allylic oxidation sites excluding steroid dienone is 1. The van der Waals surface area contributed by atoms with E-state index < -0.39 is 12.0 Å². The minimum atomic E-state index is -0.619. The second-order valence-electron chi connectivity index (χ2n) is 7.83. The molecule has 176 valence electrons. The van der Waals surface area contributed by atoms with Crippen LogP contribution in [-0.2, 0) is 9.53 Å². The Morgan fingerprint density at radius 3 is 2.56 bits per heavy atom. The van der Waals surface area contributed by atoms with E-state index in [1.807, 2.05) is 62.4 Å². The van der Waals surface area contributed by atoms with Gasteiger partial charge in [0.05, 0.1) is 35.1 Å². The van der Waals surface area contributed by atoms with Crippen molar-refractivity contribution in [2.75, 3.05) is 13.2 Å². The number of aryl methyl sites for hydroxylation is 1. The topological polar surface area (TPSA) is 69.9 Å². The summed E-state index contributed by atoms with van der Waals surface area (Å²) in [5, 5.41) is 0. The molecule has 1 aromatic heterocycles. The Labute approximate surface area is 210 Å². The highest BCUT2D eigenvalue weighted by Crippen LogP contribution is 2.31. The third-order valence-electron chi connectivity index (χ3n) is 5.47. The monoisotopic (exact) mass is 540 g/mol. The van der Waals surface area contributed by atoms with Gasteiger partial charge in [0.2, 0.25) is 0 Å². The first kappa shape index (κ1) is 24.2. The zero-order chi connectivity index (χ0) is 24.4. The van der Waals surface area contributed by atoms with Crippen molar-refractivity contribution in [3.8, 4) is 5.75 Å². The van der Waals surface area contributed by atoms with Crippen LogP contribution >= 0.6 is 27.3 Å². The molecule has 34 heavy (non-hydrogen) atoms. The summed E-state index contributed by atoms with van der Waals surface area (Å²) >= 11 is 4.79.